The SMILES string of the molecule is CN(c1ccccc1F)c1cc(C#N)c(N(C)c2ccccc2F)cc1C#N. The Kier molecular flexibility index (Phi) is 5.24. The molecule has 138 valence electrons. The molecular weight excluding hydrogens is 358 g/mol. The van der Waals surface area contributed by atoms with E-state index >= 15 is 0 Å². The van der Waals surface area contributed by atoms with Crippen molar-refractivity contribution in [1.29, 1.82) is 10.5 Å². The summed E-state index contributed by atoms with van der Waals surface area (Å²) in [6.07, 6.45) is 0. The lowest BCUT2D eigenvalue weighted by Crippen LogP contribution is -2.16. The number of halogens is 2. The third kappa shape index (κ3) is 3.36. The number of rotatable bonds is 4. The van der Waals surface area contributed by atoms with Gasteiger partial charge in [0.25, 0.3) is 0 Å². The van der Waals surface area contributed by atoms with Crippen LogP contribution < -0.4 is 9.80 Å². The van der Waals surface area contributed by atoms with Crippen LogP contribution in [-0.4, -0.2) is 14.1 Å². The highest BCUT2D eigenvalue weighted by Crippen LogP contribution is 2.36. The van der Waals surface area contributed by atoms with Crippen LogP contribution in [0, 0.1) is 34.3 Å². The predicted molar refractivity (Wildman–Crippen MR) is 105 cm³/mol. The number of anilines is 4. The zero-order valence-corrected chi connectivity index (χ0v) is 15.3. The van der Waals surface area contributed by atoms with Gasteiger partial charge in [0, 0.05) is 14.1 Å². The van der Waals surface area contributed by atoms with E-state index in [2.05, 4.69) is 12.1 Å². The Hall–Kier alpha value is -3.90. The van der Waals surface area contributed by atoms with Gasteiger partial charge >= 0.3 is 0 Å². The third-order valence-electron chi connectivity index (χ3n) is 4.51. The molecule has 3 rings (SSSR count). The quantitative estimate of drug-likeness (QED) is 0.626. The molecule has 6 heteroatoms. The van der Waals surface area contributed by atoms with E-state index in [9.17, 15) is 19.3 Å². The number of para-hydroxylation sites is 2. The lowest BCUT2D eigenvalue weighted by atomic mass is 10.0. The number of hydrogen-bond acceptors (Lipinski definition) is 4. The summed E-state index contributed by atoms with van der Waals surface area (Å²) in [5.74, 6) is -0.889. The zero-order chi connectivity index (χ0) is 20.3. The molecule has 0 aliphatic rings. The highest BCUT2D eigenvalue weighted by molar-refractivity contribution is 5.79. The van der Waals surface area contributed by atoms with Crippen LogP contribution in [0.15, 0.2) is 60.7 Å². The Morgan fingerprint density at radius 1 is 0.643 bits per heavy atom. The van der Waals surface area contributed by atoms with E-state index in [0.717, 1.165) is 0 Å². The number of nitrogens with zero attached hydrogens (tertiary/aromatic N) is 4. The predicted octanol–water partition coefficient (Wildman–Crippen LogP) is 5.24. The second kappa shape index (κ2) is 7.77. The summed E-state index contributed by atoms with van der Waals surface area (Å²) < 4.78 is 28.4. The van der Waals surface area contributed by atoms with Gasteiger partial charge in [0.1, 0.15) is 23.8 Å². The van der Waals surface area contributed by atoms with Crippen LogP contribution in [0.5, 0.6) is 0 Å². The van der Waals surface area contributed by atoms with Gasteiger partial charge < -0.3 is 9.80 Å². The monoisotopic (exact) mass is 374 g/mol. The van der Waals surface area contributed by atoms with E-state index in [1.807, 2.05) is 0 Å². The molecule has 3 aromatic carbocycles. The summed E-state index contributed by atoms with van der Waals surface area (Å²) in [5, 5.41) is 19.3. The molecule has 3 aromatic rings. The standard InChI is InChI=1S/C22H16F2N4/c1-27(19-9-5-3-7-17(19)23)21-11-16(14-26)22(12-15(21)13-25)28(2)20-10-6-4-8-18(20)24/h3-12H,1-2H3. The van der Waals surface area contributed by atoms with Crippen molar-refractivity contribution in [3.8, 4) is 12.1 Å². The van der Waals surface area contributed by atoms with Crippen molar-refractivity contribution in [2.45, 2.75) is 0 Å². The minimum atomic E-state index is -0.444. The topological polar surface area (TPSA) is 54.1 Å². The maximum atomic E-state index is 14.2. The molecule has 0 bridgehead atoms. The van der Waals surface area contributed by atoms with Crippen molar-refractivity contribution in [3.05, 3.63) is 83.4 Å². The van der Waals surface area contributed by atoms with Crippen molar-refractivity contribution in [2.75, 3.05) is 23.9 Å². The first-order valence-electron chi connectivity index (χ1n) is 8.42. The van der Waals surface area contributed by atoms with E-state index < -0.39 is 11.6 Å². The molecule has 0 unspecified atom stereocenters. The molecule has 0 saturated carbocycles. The lowest BCUT2D eigenvalue weighted by molar-refractivity contribution is 0.627. The average molecular weight is 374 g/mol. The van der Waals surface area contributed by atoms with Crippen LogP contribution in [0.1, 0.15) is 11.1 Å². The van der Waals surface area contributed by atoms with Gasteiger partial charge in [-0.1, -0.05) is 24.3 Å². The Labute approximate surface area is 162 Å². The van der Waals surface area contributed by atoms with Crippen molar-refractivity contribution in [3.63, 3.8) is 0 Å². The number of hydrogen-bond donors (Lipinski definition) is 0. The number of benzene rings is 3. The molecule has 0 spiro atoms. The van der Waals surface area contributed by atoms with E-state index in [0.29, 0.717) is 11.4 Å². The van der Waals surface area contributed by atoms with Crippen LogP contribution >= 0.6 is 0 Å². The van der Waals surface area contributed by atoms with Crippen LogP contribution in [0.3, 0.4) is 0 Å². The summed E-state index contributed by atoms with van der Waals surface area (Å²) in [4.78, 5) is 3.03. The van der Waals surface area contributed by atoms with Crippen LogP contribution in [0.25, 0.3) is 0 Å². The van der Waals surface area contributed by atoms with Gasteiger partial charge in [-0.15, -0.1) is 0 Å². The van der Waals surface area contributed by atoms with Gasteiger partial charge in [-0.05, 0) is 36.4 Å². The fourth-order valence-corrected chi connectivity index (χ4v) is 3.02. The van der Waals surface area contributed by atoms with Crippen molar-refractivity contribution >= 4 is 22.7 Å². The van der Waals surface area contributed by atoms with Gasteiger partial charge in [-0.3, -0.25) is 0 Å². The third-order valence-corrected chi connectivity index (χ3v) is 4.51. The maximum absolute atomic E-state index is 14.2. The Morgan fingerprint density at radius 3 is 1.32 bits per heavy atom. The van der Waals surface area contributed by atoms with E-state index in [1.165, 1.54) is 34.1 Å². The Bertz CT molecular complexity index is 1020. The van der Waals surface area contributed by atoms with Gasteiger partial charge in [-0.25, -0.2) is 8.78 Å². The fourth-order valence-electron chi connectivity index (χ4n) is 3.02. The summed E-state index contributed by atoms with van der Waals surface area (Å²) >= 11 is 0. The largest absolute Gasteiger partial charge is 0.341 e. The van der Waals surface area contributed by atoms with Crippen molar-refractivity contribution in [2.24, 2.45) is 0 Å². The van der Waals surface area contributed by atoms with Crippen LogP contribution in [-0.2, 0) is 0 Å². The van der Waals surface area contributed by atoms with Crippen LogP contribution in [0.4, 0.5) is 31.5 Å². The molecule has 0 N–H and O–H groups in total. The van der Waals surface area contributed by atoms with Crippen LogP contribution in [0.2, 0.25) is 0 Å². The minimum Gasteiger partial charge on any atom is -0.341 e. The molecule has 0 radical (unpaired) electrons. The second-order valence-corrected chi connectivity index (χ2v) is 6.13. The lowest BCUT2D eigenvalue weighted by Gasteiger charge is -2.25. The summed E-state index contributed by atoms with van der Waals surface area (Å²) in [6, 6.07) is 19.5. The zero-order valence-electron chi connectivity index (χ0n) is 15.3. The molecule has 28 heavy (non-hydrogen) atoms. The van der Waals surface area contributed by atoms with Gasteiger partial charge in [-0.2, -0.15) is 10.5 Å². The average Bonchev–Trinajstić information content (AvgIpc) is 2.72. The molecule has 0 heterocycles. The summed E-state index contributed by atoms with van der Waals surface area (Å²) in [5.41, 5.74) is 1.80. The highest BCUT2D eigenvalue weighted by Gasteiger charge is 2.19. The summed E-state index contributed by atoms with van der Waals surface area (Å²) in [6.45, 7) is 0. The Balaban J connectivity index is 2.14. The first kappa shape index (κ1) is 18.9. The first-order valence-corrected chi connectivity index (χ1v) is 8.42. The molecule has 0 atom stereocenters. The number of nitriles is 2. The molecule has 0 fully saturated rings. The normalized spacial score (nSPS) is 10.1. The summed E-state index contributed by atoms with van der Waals surface area (Å²) in [7, 11) is 3.24. The second-order valence-electron chi connectivity index (χ2n) is 6.13. The van der Waals surface area contributed by atoms with Crippen molar-refractivity contribution < 1.29 is 8.78 Å². The molecule has 0 aromatic heterocycles. The van der Waals surface area contributed by atoms with E-state index in [4.69, 9.17) is 0 Å². The fraction of sp³-hybridized carbons (Fsp3) is 0.0909. The highest BCUT2D eigenvalue weighted by atomic mass is 19.1. The first-order chi connectivity index (χ1) is 13.5. The van der Waals surface area contributed by atoms with Gasteiger partial charge in [0.2, 0.25) is 0 Å². The molecular formula is C22H16F2N4. The Morgan fingerprint density at radius 2 is 1.00 bits per heavy atom. The molecule has 4 nitrogen and oxygen atoms in total. The van der Waals surface area contributed by atoms with E-state index in [-0.39, 0.29) is 22.5 Å². The molecule has 0 aliphatic heterocycles. The molecule has 0 aliphatic carbocycles. The van der Waals surface area contributed by atoms with Gasteiger partial charge in [0.15, 0.2) is 0 Å². The smallest absolute Gasteiger partial charge is 0.146 e. The van der Waals surface area contributed by atoms with Gasteiger partial charge in [0.05, 0.1) is 33.9 Å². The van der Waals surface area contributed by atoms with E-state index in [1.54, 1.807) is 50.5 Å². The van der Waals surface area contributed by atoms with Crippen molar-refractivity contribution in [1.82, 2.24) is 0 Å². The maximum Gasteiger partial charge on any atom is 0.146 e. The minimum absolute atomic E-state index is 0.239. The molecule has 0 amide bonds. The molecule has 0 saturated heterocycles.